The molecule has 4 nitrogen and oxygen atoms in total. The number of carbonyl (C=O) groups is 1. The number of primary amides is 1. The molecule has 0 aliphatic rings. The second-order valence-electron chi connectivity index (χ2n) is 4.31. The molecule has 0 atom stereocenters. The van der Waals surface area contributed by atoms with Crippen molar-refractivity contribution in [2.45, 2.75) is 0 Å². The predicted molar refractivity (Wildman–Crippen MR) is 83.0 cm³/mol. The van der Waals surface area contributed by atoms with E-state index in [1.54, 1.807) is 24.3 Å². The molecule has 0 radical (unpaired) electrons. The van der Waals surface area contributed by atoms with Gasteiger partial charge in [-0.25, -0.2) is 4.98 Å². The number of hydrogen-bond acceptors (Lipinski definition) is 3. The fraction of sp³-hybridized carbons (Fsp3) is 0. The van der Waals surface area contributed by atoms with Crippen LogP contribution in [-0.2, 0) is 0 Å². The summed E-state index contributed by atoms with van der Waals surface area (Å²) < 4.78 is 5.62. The quantitative estimate of drug-likeness (QED) is 0.743. The van der Waals surface area contributed by atoms with Gasteiger partial charge in [-0.15, -0.1) is 0 Å². The number of rotatable bonds is 2. The van der Waals surface area contributed by atoms with Crippen molar-refractivity contribution >= 4 is 51.8 Å². The zero-order valence-electron chi connectivity index (χ0n) is 10.4. The Morgan fingerprint density at radius 2 is 1.86 bits per heavy atom. The molecule has 7 heteroatoms. The number of nitrogens with zero attached hydrogens (tertiary/aromatic N) is 1. The maximum atomic E-state index is 11.2. The van der Waals surface area contributed by atoms with Crippen LogP contribution in [0.3, 0.4) is 0 Å². The molecular formula is C14H7Cl3N2O2. The lowest BCUT2D eigenvalue weighted by Crippen LogP contribution is -2.11. The molecule has 0 saturated carbocycles. The van der Waals surface area contributed by atoms with Crippen molar-refractivity contribution in [2.24, 2.45) is 5.73 Å². The molecule has 0 saturated heterocycles. The van der Waals surface area contributed by atoms with Crippen molar-refractivity contribution < 1.29 is 9.21 Å². The second-order valence-corrected chi connectivity index (χ2v) is 5.56. The molecule has 0 aliphatic carbocycles. The molecule has 0 aliphatic heterocycles. The maximum absolute atomic E-state index is 11.2. The lowest BCUT2D eigenvalue weighted by Gasteiger charge is -2.01. The largest absolute Gasteiger partial charge is 0.435 e. The minimum absolute atomic E-state index is 0.228. The van der Waals surface area contributed by atoms with Crippen LogP contribution in [0.1, 0.15) is 10.4 Å². The molecule has 3 rings (SSSR count). The van der Waals surface area contributed by atoms with Crippen LogP contribution in [-0.4, -0.2) is 10.9 Å². The third-order valence-corrected chi connectivity index (χ3v) is 3.70. The van der Waals surface area contributed by atoms with Crippen LogP contribution in [0, 0.1) is 0 Å². The molecule has 1 aromatic heterocycles. The number of aromatic nitrogens is 1. The number of carbonyl (C=O) groups excluding carboxylic acids is 1. The number of fused-ring (bicyclic) bond motifs is 1. The first-order valence-electron chi connectivity index (χ1n) is 5.81. The van der Waals surface area contributed by atoms with Crippen molar-refractivity contribution in [1.29, 1.82) is 0 Å². The highest BCUT2D eigenvalue weighted by atomic mass is 35.5. The van der Waals surface area contributed by atoms with E-state index in [9.17, 15) is 4.79 Å². The summed E-state index contributed by atoms with van der Waals surface area (Å²) in [5, 5.41) is 1.07. The standard InChI is InChI=1S/C14H7Cl3N2O2/c15-7-4-10(17)12-11(5-7)19-14(21-12)6-1-2-8(13(18)20)9(16)3-6/h1-5H,(H2,18,20). The highest BCUT2D eigenvalue weighted by Gasteiger charge is 2.14. The summed E-state index contributed by atoms with van der Waals surface area (Å²) in [6.45, 7) is 0. The Morgan fingerprint density at radius 3 is 2.52 bits per heavy atom. The third kappa shape index (κ3) is 2.58. The van der Waals surface area contributed by atoms with E-state index in [0.29, 0.717) is 32.6 Å². The summed E-state index contributed by atoms with van der Waals surface area (Å²) in [6, 6.07) is 7.94. The molecule has 1 heterocycles. The third-order valence-electron chi connectivity index (χ3n) is 2.89. The van der Waals surface area contributed by atoms with E-state index in [2.05, 4.69) is 4.98 Å². The zero-order valence-corrected chi connectivity index (χ0v) is 12.6. The first-order valence-corrected chi connectivity index (χ1v) is 6.94. The predicted octanol–water partition coefficient (Wildman–Crippen LogP) is 4.55. The first kappa shape index (κ1) is 14.2. The van der Waals surface area contributed by atoms with Gasteiger partial charge in [0.2, 0.25) is 11.8 Å². The topological polar surface area (TPSA) is 69.1 Å². The van der Waals surface area contributed by atoms with Crippen LogP contribution in [0.4, 0.5) is 0 Å². The van der Waals surface area contributed by atoms with Crippen LogP contribution in [0.15, 0.2) is 34.7 Å². The fourth-order valence-electron chi connectivity index (χ4n) is 1.93. The van der Waals surface area contributed by atoms with Crippen molar-refractivity contribution in [2.75, 3.05) is 0 Å². The Hall–Kier alpha value is -1.75. The molecule has 3 aromatic rings. The molecular weight excluding hydrogens is 335 g/mol. The maximum Gasteiger partial charge on any atom is 0.250 e. The number of halogens is 3. The molecule has 2 N–H and O–H groups in total. The van der Waals surface area contributed by atoms with Gasteiger partial charge in [0.05, 0.1) is 15.6 Å². The number of hydrogen-bond donors (Lipinski definition) is 1. The van der Waals surface area contributed by atoms with Gasteiger partial charge in [0.15, 0.2) is 5.58 Å². The smallest absolute Gasteiger partial charge is 0.250 e. The van der Waals surface area contributed by atoms with Gasteiger partial charge < -0.3 is 10.2 Å². The summed E-state index contributed by atoms with van der Waals surface area (Å²) >= 11 is 18.0. The lowest BCUT2D eigenvalue weighted by atomic mass is 10.1. The first-order chi connectivity index (χ1) is 9.95. The number of amides is 1. The van der Waals surface area contributed by atoms with Gasteiger partial charge in [0.25, 0.3) is 0 Å². The molecule has 0 fully saturated rings. The highest BCUT2D eigenvalue weighted by molar-refractivity contribution is 6.38. The molecule has 0 bridgehead atoms. The molecule has 2 aromatic carbocycles. The minimum Gasteiger partial charge on any atom is -0.435 e. The Balaban J connectivity index is 2.14. The minimum atomic E-state index is -0.598. The van der Waals surface area contributed by atoms with E-state index >= 15 is 0 Å². The van der Waals surface area contributed by atoms with E-state index < -0.39 is 5.91 Å². The van der Waals surface area contributed by atoms with Gasteiger partial charge in [-0.2, -0.15) is 0 Å². The summed E-state index contributed by atoms with van der Waals surface area (Å²) in [7, 11) is 0. The molecule has 0 spiro atoms. The molecule has 106 valence electrons. The van der Waals surface area contributed by atoms with Crippen LogP contribution in [0.2, 0.25) is 15.1 Å². The average molecular weight is 342 g/mol. The van der Waals surface area contributed by atoms with E-state index in [-0.39, 0.29) is 10.6 Å². The van der Waals surface area contributed by atoms with E-state index in [1.165, 1.54) is 6.07 Å². The van der Waals surface area contributed by atoms with E-state index in [4.69, 9.17) is 45.0 Å². The van der Waals surface area contributed by atoms with Crippen LogP contribution in [0.25, 0.3) is 22.6 Å². The van der Waals surface area contributed by atoms with Gasteiger partial charge >= 0.3 is 0 Å². The van der Waals surface area contributed by atoms with Gasteiger partial charge in [-0.1, -0.05) is 34.8 Å². The van der Waals surface area contributed by atoms with Crippen molar-refractivity contribution in [3.8, 4) is 11.5 Å². The SMILES string of the molecule is NC(=O)c1ccc(-c2nc3cc(Cl)cc(Cl)c3o2)cc1Cl. The number of benzene rings is 2. The van der Waals surface area contributed by atoms with Crippen LogP contribution in [0.5, 0.6) is 0 Å². The van der Waals surface area contributed by atoms with Gasteiger partial charge in [-0.3, -0.25) is 4.79 Å². The fourth-order valence-corrected chi connectivity index (χ4v) is 2.73. The number of nitrogens with two attached hydrogens (primary N) is 1. The van der Waals surface area contributed by atoms with E-state index in [1.807, 2.05) is 0 Å². The summed E-state index contributed by atoms with van der Waals surface area (Å²) in [5.41, 5.74) is 7.02. The Bertz CT molecular complexity index is 874. The van der Waals surface area contributed by atoms with Crippen molar-refractivity contribution in [3.63, 3.8) is 0 Å². The van der Waals surface area contributed by atoms with Crippen LogP contribution < -0.4 is 5.73 Å². The molecule has 1 amide bonds. The second kappa shape index (κ2) is 5.22. The average Bonchev–Trinajstić information content (AvgIpc) is 2.82. The number of oxazole rings is 1. The van der Waals surface area contributed by atoms with Gasteiger partial charge in [0, 0.05) is 10.6 Å². The lowest BCUT2D eigenvalue weighted by molar-refractivity contribution is 0.100. The van der Waals surface area contributed by atoms with Crippen molar-refractivity contribution in [3.05, 3.63) is 51.0 Å². The van der Waals surface area contributed by atoms with Gasteiger partial charge in [0.1, 0.15) is 5.52 Å². The Labute approximate surface area is 134 Å². The highest BCUT2D eigenvalue weighted by Crippen LogP contribution is 2.33. The Morgan fingerprint density at radius 1 is 1.10 bits per heavy atom. The zero-order chi connectivity index (χ0) is 15.1. The Kier molecular flexibility index (Phi) is 3.53. The van der Waals surface area contributed by atoms with Crippen molar-refractivity contribution in [1.82, 2.24) is 4.98 Å². The summed E-state index contributed by atoms with van der Waals surface area (Å²) in [5.74, 6) is -0.272. The van der Waals surface area contributed by atoms with Crippen LogP contribution >= 0.6 is 34.8 Å². The summed E-state index contributed by atoms with van der Waals surface area (Å²) in [6.07, 6.45) is 0. The normalized spacial score (nSPS) is 11.0. The van der Waals surface area contributed by atoms with Gasteiger partial charge in [-0.05, 0) is 30.3 Å². The van der Waals surface area contributed by atoms with E-state index in [0.717, 1.165) is 0 Å². The molecule has 21 heavy (non-hydrogen) atoms. The summed E-state index contributed by atoms with van der Waals surface area (Å²) in [4.78, 5) is 15.5. The monoisotopic (exact) mass is 340 g/mol. The molecule has 0 unspecified atom stereocenters.